The molecule has 0 saturated carbocycles. The van der Waals surface area contributed by atoms with Crippen molar-refractivity contribution in [1.82, 2.24) is 4.90 Å². The standard InChI is InChI=1S/C17H22FNO5S/c1-12(25(21,22)15-4-2-14(18)3-5-15)16(20)19-8-6-13(7-9-19)17-23-10-11-24-17/h2-5,12-13,17H,6-11H2,1H3. The molecule has 0 spiro atoms. The maximum atomic E-state index is 13.0. The first-order valence-electron chi connectivity index (χ1n) is 8.41. The summed E-state index contributed by atoms with van der Waals surface area (Å²) in [4.78, 5) is 14.2. The summed E-state index contributed by atoms with van der Waals surface area (Å²) in [6.07, 6.45) is 1.23. The minimum atomic E-state index is -3.84. The topological polar surface area (TPSA) is 72.9 Å². The Labute approximate surface area is 146 Å². The van der Waals surface area contributed by atoms with E-state index in [4.69, 9.17) is 9.47 Å². The average molecular weight is 371 g/mol. The quantitative estimate of drug-likeness (QED) is 0.752. The summed E-state index contributed by atoms with van der Waals surface area (Å²) in [5.41, 5.74) is 0. The molecule has 2 saturated heterocycles. The Morgan fingerprint density at radius 2 is 1.72 bits per heavy atom. The van der Waals surface area contributed by atoms with E-state index in [1.807, 2.05) is 0 Å². The van der Waals surface area contributed by atoms with Gasteiger partial charge in [0.25, 0.3) is 0 Å². The molecule has 1 aromatic rings. The van der Waals surface area contributed by atoms with Crippen molar-refractivity contribution in [3.8, 4) is 0 Å². The average Bonchev–Trinajstić information content (AvgIpc) is 3.15. The van der Waals surface area contributed by atoms with Gasteiger partial charge in [0.15, 0.2) is 16.1 Å². The molecule has 6 nitrogen and oxygen atoms in total. The van der Waals surface area contributed by atoms with Gasteiger partial charge in [-0.15, -0.1) is 0 Å². The van der Waals surface area contributed by atoms with E-state index in [2.05, 4.69) is 0 Å². The second-order valence-electron chi connectivity index (χ2n) is 6.41. The predicted molar refractivity (Wildman–Crippen MR) is 88.0 cm³/mol. The number of carbonyl (C=O) groups excluding carboxylic acids is 1. The Morgan fingerprint density at radius 1 is 1.16 bits per heavy atom. The fourth-order valence-electron chi connectivity index (χ4n) is 3.26. The fourth-order valence-corrected chi connectivity index (χ4v) is 4.60. The van der Waals surface area contributed by atoms with Gasteiger partial charge in [-0.05, 0) is 44.0 Å². The molecule has 0 aliphatic carbocycles. The van der Waals surface area contributed by atoms with Gasteiger partial charge in [0.05, 0.1) is 18.1 Å². The molecule has 138 valence electrons. The molecule has 0 radical (unpaired) electrons. The summed E-state index contributed by atoms with van der Waals surface area (Å²) < 4.78 is 49.2. The van der Waals surface area contributed by atoms with Crippen LogP contribution in [0.2, 0.25) is 0 Å². The highest BCUT2D eigenvalue weighted by atomic mass is 32.2. The molecule has 25 heavy (non-hydrogen) atoms. The van der Waals surface area contributed by atoms with E-state index in [0.717, 1.165) is 25.0 Å². The number of benzene rings is 1. The van der Waals surface area contributed by atoms with E-state index in [1.54, 1.807) is 4.90 Å². The molecule has 1 amide bonds. The van der Waals surface area contributed by atoms with Crippen molar-refractivity contribution in [2.45, 2.75) is 36.2 Å². The van der Waals surface area contributed by atoms with Crippen molar-refractivity contribution in [1.29, 1.82) is 0 Å². The van der Waals surface area contributed by atoms with Crippen molar-refractivity contribution in [2.75, 3.05) is 26.3 Å². The molecule has 1 atom stereocenters. The highest BCUT2D eigenvalue weighted by molar-refractivity contribution is 7.92. The number of sulfone groups is 1. The lowest BCUT2D eigenvalue weighted by molar-refractivity contribution is -0.136. The SMILES string of the molecule is CC(C(=O)N1CCC(C2OCCO2)CC1)S(=O)(=O)c1ccc(F)cc1. The zero-order valence-electron chi connectivity index (χ0n) is 14.1. The Hall–Kier alpha value is -1.51. The van der Waals surface area contributed by atoms with Crippen LogP contribution < -0.4 is 0 Å². The van der Waals surface area contributed by atoms with Gasteiger partial charge < -0.3 is 14.4 Å². The van der Waals surface area contributed by atoms with Gasteiger partial charge in [0.1, 0.15) is 11.1 Å². The molecule has 0 bridgehead atoms. The summed E-state index contributed by atoms with van der Waals surface area (Å²) >= 11 is 0. The number of hydrogen-bond donors (Lipinski definition) is 0. The molecule has 2 aliphatic heterocycles. The van der Waals surface area contributed by atoms with E-state index in [1.165, 1.54) is 19.1 Å². The maximum Gasteiger partial charge on any atom is 0.241 e. The second kappa shape index (κ2) is 7.39. The molecule has 0 N–H and O–H groups in total. The van der Waals surface area contributed by atoms with Crippen molar-refractivity contribution in [2.24, 2.45) is 5.92 Å². The van der Waals surface area contributed by atoms with Gasteiger partial charge in [-0.2, -0.15) is 0 Å². The lowest BCUT2D eigenvalue weighted by Gasteiger charge is -2.35. The number of piperidine rings is 1. The van der Waals surface area contributed by atoms with Crippen LogP contribution in [0.15, 0.2) is 29.2 Å². The largest absolute Gasteiger partial charge is 0.350 e. The summed E-state index contributed by atoms with van der Waals surface area (Å²) in [6.45, 7) is 3.54. The monoisotopic (exact) mass is 371 g/mol. The highest BCUT2D eigenvalue weighted by Gasteiger charge is 2.36. The third-order valence-corrected chi connectivity index (χ3v) is 6.90. The molecular weight excluding hydrogens is 349 g/mol. The Balaban J connectivity index is 1.63. The van der Waals surface area contributed by atoms with Crippen LogP contribution in [0.25, 0.3) is 0 Å². The van der Waals surface area contributed by atoms with Crippen molar-refractivity contribution in [3.05, 3.63) is 30.1 Å². The van der Waals surface area contributed by atoms with E-state index in [0.29, 0.717) is 26.3 Å². The van der Waals surface area contributed by atoms with Gasteiger partial charge in [-0.25, -0.2) is 12.8 Å². The van der Waals surface area contributed by atoms with Crippen molar-refractivity contribution >= 4 is 15.7 Å². The molecule has 8 heteroatoms. The summed E-state index contributed by atoms with van der Waals surface area (Å²) in [5.74, 6) is -0.706. The van der Waals surface area contributed by atoms with Crippen LogP contribution in [-0.2, 0) is 24.1 Å². The number of nitrogens with zero attached hydrogens (tertiary/aromatic N) is 1. The Kier molecular flexibility index (Phi) is 5.41. The fraction of sp³-hybridized carbons (Fsp3) is 0.588. The number of ether oxygens (including phenoxy) is 2. The number of amides is 1. The van der Waals surface area contributed by atoms with Gasteiger partial charge in [-0.3, -0.25) is 4.79 Å². The number of likely N-dealkylation sites (tertiary alicyclic amines) is 1. The van der Waals surface area contributed by atoms with Gasteiger partial charge in [0.2, 0.25) is 5.91 Å². The Morgan fingerprint density at radius 3 is 2.28 bits per heavy atom. The minimum Gasteiger partial charge on any atom is -0.350 e. The van der Waals surface area contributed by atoms with Crippen molar-refractivity contribution < 1.29 is 27.1 Å². The first kappa shape index (κ1) is 18.3. The molecule has 2 aliphatic rings. The van der Waals surface area contributed by atoms with E-state index in [9.17, 15) is 17.6 Å². The van der Waals surface area contributed by atoms with Crippen LogP contribution in [0.5, 0.6) is 0 Å². The number of rotatable bonds is 4. The Bertz CT molecular complexity index is 707. The van der Waals surface area contributed by atoms with Gasteiger partial charge >= 0.3 is 0 Å². The smallest absolute Gasteiger partial charge is 0.241 e. The van der Waals surface area contributed by atoms with Gasteiger partial charge in [-0.1, -0.05) is 0 Å². The highest BCUT2D eigenvalue weighted by Crippen LogP contribution is 2.27. The lowest BCUT2D eigenvalue weighted by atomic mass is 9.96. The van der Waals surface area contributed by atoms with Crippen molar-refractivity contribution in [3.63, 3.8) is 0 Å². The zero-order valence-corrected chi connectivity index (χ0v) is 14.9. The van der Waals surface area contributed by atoms with E-state index < -0.39 is 26.8 Å². The first-order valence-corrected chi connectivity index (χ1v) is 9.95. The van der Waals surface area contributed by atoms with Crippen LogP contribution >= 0.6 is 0 Å². The van der Waals surface area contributed by atoms with E-state index >= 15 is 0 Å². The molecule has 0 aromatic heterocycles. The number of carbonyl (C=O) groups is 1. The third kappa shape index (κ3) is 3.86. The summed E-state index contributed by atoms with van der Waals surface area (Å²) in [5, 5.41) is -1.20. The molecular formula is C17H22FNO5S. The predicted octanol–water partition coefficient (Wildman–Crippen LogP) is 1.60. The van der Waals surface area contributed by atoms with Gasteiger partial charge in [0, 0.05) is 19.0 Å². The van der Waals surface area contributed by atoms with Crippen LogP contribution in [0, 0.1) is 11.7 Å². The molecule has 1 unspecified atom stereocenters. The molecule has 3 rings (SSSR count). The minimum absolute atomic E-state index is 0.0441. The number of halogens is 1. The van der Waals surface area contributed by atoms with Crippen LogP contribution in [0.1, 0.15) is 19.8 Å². The first-order chi connectivity index (χ1) is 11.9. The summed E-state index contributed by atoms with van der Waals surface area (Å²) in [6, 6.07) is 4.54. The normalized spacial score (nSPS) is 21.4. The van der Waals surface area contributed by atoms with Crippen LogP contribution in [-0.4, -0.2) is 57.1 Å². The maximum absolute atomic E-state index is 13.0. The molecule has 1 aromatic carbocycles. The lowest BCUT2D eigenvalue weighted by Crippen LogP contribution is -2.46. The van der Waals surface area contributed by atoms with Crippen LogP contribution in [0.4, 0.5) is 4.39 Å². The molecule has 2 heterocycles. The third-order valence-electron chi connectivity index (χ3n) is 4.84. The van der Waals surface area contributed by atoms with E-state index in [-0.39, 0.29) is 17.1 Å². The van der Waals surface area contributed by atoms with Crippen LogP contribution in [0.3, 0.4) is 0 Å². The molecule has 2 fully saturated rings. The second-order valence-corrected chi connectivity index (χ2v) is 8.68. The zero-order chi connectivity index (χ0) is 18.0. The summed E-state index contributed by atoms with van der Waals surface area (Å²) in [7, 11) is -3.84. The number of hydrogen-bond acceptors (Lipinski definition) is 5.